The minimum atomic E-state index is 1.28. The van der Waals surface area contributed by atoms with Crippen molar-refractivity contribution in [2.75, 3.05) is 5.75 Å². The van der Waals surface area contributed by atoms with E-state index >= 15 is 0 Å². The van der Waals surface area contributed by atoms with Gasteiger partial charge in [0, 0.05) is 19.3 Å². The van der Waals surface area contributed by atoms with Crippen LogP contribution in [0.1, 0.15) is 47.9 Å². The molecule has 2 aromatic rings. The zero-order valence-corrected chi connectivity index (χ0v) is 14.2. The second-order valence-corrected chi connectivity index (χ2v) is 8.39. The molecule has 2 aromatic heterocycles. The van der Waals surface area contributed by atoms with Crippen molar-refractivity contribution in [2.24, 2.45) is 0 Å². The molecule has 0 spiro atoms. The van der Waals surface area contributed by atoms with Gasteiger partial charge in [-0.3, -0.25) is 0 Å². The van der Waals surface area contributed by atoms with E-state index in [9.17, 15) is 0 Å². The second-order valence-electron chi connectivity index (χ2n) is 4.84. The normalized spacial score (nSPS) is 11.6. The van der Waals surface area contributed by atoms with E-state index in [0.29, 0.717) is 0 Å². The van der Waals surface area contributed by atoms with Crippen LogP contribution in [0.5, 0.6) is 0 Å². The molecule has 0 saturated carbocycles. The Balaban J connectivity index is 2.08. The molecule has 0 atom stereocenters. The second kappa shape index (κ2) is 6.44. The molecule has 0 fully saturated rings. The van der Waals surface area contributed by atoms with E-state index in [0.717, 1.165) is 0 Å². The fourth-order valence-corrected chi connectivity index (χ4v) is 6.20. The molecule has 2 heterocycles. The van der Waals surface area contributed by atoms with Crippen molar-refractivity contribution >= 4 is 43.8 Å². The maximum absolute atomic E-state index is 2.28. The number of rotatable bonds is 6. The van der Waals surface area contributed by atoms with Crippen LogP contribution < -0.4 is 0 Å². The van der Waals surface area contributed by atoms with Gasteiger partial charge in [0.15, 0.2) is 0 Å². The van der Waals surface area contributed by atoms with E-state index in [1.165, 1.54) is 51.5 Å². The Kier molecular flexibility index (Phi) is 5.16. The third-order valence-corrected chi connectivity index (χ3v) is 7.48. The first-order chi connectivity index (χ1) is 8.65. The Bertz CT molecular complexity index is 519. The van der Waals surface area contributed by atoms with Gasteiger partial charge in [-0.15, -0.1) is 34.4 Å². The highest BCUT2D eigenvalue weighted by Crippen LogP contribution is 2.44. The van der Waals surface area contributed by atoms with E-state index < -0.39 is 0 Å². The maximum Gasteiger partial charge on any atom is 0.0594 e. The first-order valence-electron chi connectivity index (χ1n) is 6.77. The molecule has 0 radical (unpaired) electrons. The van der Waals surface area contributed by atoms with Crippen LogP contribution in [0.25, 0.3) is 9.40 Å². The fourth-order valence-electron chi connectivity index (χ4n) is 2.11. The molecule has 0 saturated heterocycles. The van der Waals surface area contributed by atoms with Crippen molar-refractivity contribution < 1.29 is 0 Å². The summed E-state index contributed by atoms with van der Waals surface area (Å²) in [6.07, 6.45) is 5.46. The Morgan fingerprint density at radius 1 is 0.889 bits per heavy atom. The summed E-state index contributed by atoms with van der Waals surface area (Å²) >= 11 is 6.04. The smallest absolute Gasteiger partial charge is 0.0594 e. The van der Waals surface area contributed by atoms with E-state index in [4.69, 9.17) is 0 Å². The third kappa shape index (κ3) is 2.94. The molecule has 3 heteroatoms. The predicted octanol–water partition coefficient (Wildman–Crippen LogP) is 6.56. The molecule has 0 aliphatic heterocycles. The van der Waals surface area contributed by atoms with Crippen LogP contribution >= 0.6 is 34.4 Å². The summed E-state index contributed by atoms with van der Waals surface area (Å²) in [5, 5.41) is 0. The SMILES string of the molecule is CCCCCCSc1c(C)sc2c(C)c(C)sc12. The highest BCUT2D eigenvalue weighted by molar-refractivity contribution is 7.99. The van der Waals surface area contributed by atoms with E-state index in [-0.39, 0.29) is 0 Å². The van der Waals surface area contributed by atoms with Crippen molar-refractivity contribution in [3.05, 3.63) is 15.3 Å². The van der Waals surface area contributed by atoms with Gasteiger partial charge in [0.25, 0.3) is 0 Å². The van der Waals surface area contributed by atoms with Gasteiger partial charge < -0.3 is 0 Å². The molecule has 0 aromatic carbocycles. The van der Waals surface area contributed by atoms with Crippen molar-refractivity contribution in [3.63, 3.8) is 0 Å². The Morgan fingerprint density at radius 3 is 2.33 bits per heavy atom. The molecule has 0 aliphatic carbocycles. The zero-order chi connectivity index (χ0) is 13.1. The largest absolute Gasteiger partial charge is 0.138 e. The first kappa shape index (κ1) is 14.4. The monoisotopic (exact) mass is 298 g/mol. The molecule has 0 nitrogen and oxygen atoms in total. The van der Waals surface area contributed by atoms with Gasteiger partial charge in [0.05, 0.1) is 4.70 Å². The van der Waals surface area contributed by atoms with Crippen LogP contribution in [0.15, 0.2) is 4.90 Å². The van der Waals surface area contributed by atoms with Gasteiger partial charge in [0.1, 0.15) is 0 Å². The molecule has 0 N–H and O–H groups in total. The number of hydrogen-bond donors (Lipinski definition) is 0. The van der Waals surface area contributed by atoms with Crippen LogP contribution in [0.2, 0.25) is 0 Å². The highest BCUT2D eigenvalue weighted by atomic mass is 32.2. The molecule has 0 aliphatic rings. The van der Waals surface area contributed by atoms with Crippen LogP contribution in [-0.2, 0) is 0 Å². The number of aryl methyl sites for hydroxylation is 3. The van der Waals surface area contributed by atoms with Gasteiger partial charge in [-0.1, -0.05) is 26.2 Å². The van der Waals surface area contributed by atoms with E-state index in [1.807, 2.05) is 22.7 Å². The van der Waals surface area contributed by atoms with Gasteiger partial charge in [-0.2, -0.15) is 0 Å². The van der Waals surface area contributed by atoms with Crippen LogP contribution in [-0.4, -0.2) is 5.75 Å². The number of thioether (sulfide) groups is 1. The molecule has 18 heavy (non-hydrogen) atoms. The van der Waals surface area contributed by atoms with Crippen molar-refractivity contribution in [1.82, 2.24) is 0 Å². The highest BCUT2D eigenvalue weighted by Gasteiger charge is 2.15. The average Bonchev–Trinajstić information content (AvgIpc) is 2.78. The van der Waals surface area contributed by atoms with Gasteiger partial charge in [-0.25, -0.2) is 0 Å². The molecule has 0 amide bonds. The standard InChI is InChI=1S/C15H22S3/c1-5-6-7-8-9-16-14-12(4)18-13-10(2)11(3)17-15(13)14/h5-9H2,1-4H3. The summed E-state index contributed by atoms with van der Waals surface area (Å²) in [5.41, 5.74) is 1.50. The minimum Gasteiger partial charge on any atom is -0.138 e. The number of fused-ring (bicyclic) bond motifs is 1. The maximum atomic E-state index is 2.28. The van der Waals surface area contributed by atoms with E-state index in [2.05, 4.69) is 39.5 Å². The quantitative estimate of drug-likeness (QED) is 0.430. The third-order valence-electron chi connectivity index (χ3n) is 3.36. The minimum absolute atomic E-state index is 1.28. The molecular formula is C15H22S3. The lowest BCUT2D eigenvalue weighted by Gasteiger charge is -2.01. The first-order valence-corrected chi connectivity index (χ1v) is 9.38. The van der Waals surface area contributed by atoms with Crippen LogP contribution in [0, 0.1) is 20.8 Å². The summed E-state index contributed by atoms with van der Waals surface area (Å²) in [5.74, 6) is 1.28. The summed E-state index contributed by atoms with van der Waals surface area (Å²) in [6, 6.07) is 0. The summed E-state index contributed by atoms with van der Waals surface area (Å²) < 4.78 is 3.08. The van der Waals surface area contributed by atoms with Crippen LogP contribution in [0.3, 0.4) is 0 Å². The number of unbranched alkanes of at least 4 members (excludes halogenated alkanes) is 3. The number of thiophene rings is 2. The lowest BCUT2D eigenvalue weighted by atomic mass is 10.2. The van der Waals surface area contributed by atoms with E-state index in [1.54, 1.807) is 9.60 Å². The topological polar surface area (TPSA) is 0 Å². The summed E-state index contributed by atoms with van der Waals surface area (Å²) in [6.45, 7) is 9.06. The predicted molar refractivity (Wildman–Crippen MR) is 88.8 cm³/mol. The molecular weight excluding hydrogens is 276 g/mol. The lowest BCUT2D eigenvalue weighted by molar-refractivity contribution is 0.706. The fraction of sp³-hybridized carbons (Fsp3) is 0.600. The average molecular weight is 299 g/mol. The molecule has 2 rings (SSSR count). The Morgan fingerprint density at radius 2 is 1.61 bits per heavy atom. The lowest BCUT2D eigenvalue weighted by Crippen LogP contribution is -1.81. The van der Waals surface area contributed by atoms with Crippen molar-refractivity contribution in [1.29, 1.82) is 0 Å². The zero-order valence-electron chi connectivity index (χ0n) is 11.8. The van der Waals surface area contributed by atoms with Crippen LogP contribution in [0.4, 0.5) is 0 Å². The summed E-state index contributed by atoms with van der Waals surface area (Å²) in [4.78, 5) is 4.57. The molecule has 0 bridgehead atoms. The van der Waals surface area contributed by atoms with Crippen molar-refractivity contribution in [3.8, 4) is 0 Å². The molecule has 100 valence electrons. The molecule has 0 unspecified atom stereocenters. The van der Waals surface area contributed by atoms with Gasteiger partial charge >= 0.3 is 0 Å². The van der Waals surface area contributed by atoms with Gasteiger partial charge in [0.2, 0.25) is 0 Å². The summed E-state index contributed by atoms with van der Waals surface area (Å²) in [7, 11) is 0. The van der Waals surface area contributed by atoms with Gasteiger partial charge in [-0.05, 0) is 38.5 Å². The Labute approximate surface area is 123 Å². The Hall–Kier alpha value is 0.01000. The number of hydrogen-bond acceptors (Lipinski definition) is 3. The van der Waals surface area contributed by atoms with Crippen molar-refractivity contribution in [2.45, 2.75) is 58.3 Å².